The molecule has 2 aromatic carbocycles. The van der Waals surface area contributed by atoms with Crippen LogP contribution in [0, 0.1) is 6.92 Å². The van der Waals surface area contributed by atoms with Gasteiger partial charge in [0, 0.05) is 25.4 Å². The van der Waals surface area contributed by atoms with Crippen molar-refractivity contribution in [3.63, 3.8) is 0 Å². The van der Waals surface area contributed by atoms with E-state index in [4.69, 9.17) is 0 Å². The number of benzene rings is 2. The molecule has 2 aliphatic heterocycles. The Labute approximate surface area is 160 Å². The fraction of sp³-hybridized carbons (Fsp3) is 0.304. The minimum Gasteiger partial charge on any atom is -0.312 e. The number of fused-ring (bicyclic) bond motifs is 2. The molecule has 1 atom stereocenters. The van der Waals surface area contributed by atoms with Gasteiger partial charge in [-0.2, -0.15) is 0 Å². The molecule has 4 nitrogen and oxygen atoms in total. The van der Waals surface area contributed by atoms with Crippen LogP contribution < -0.4 is 4.90 Å². The van der Waals surface area contributed by atoms with E-state index in [1.807, 2.05) is 35.2 Å². The van der Waals surface area contributed by atoms with Gasteiger partial charge in [-0.1, -0.05) is 42.5 Å². The van der Waals surface area contributed by atoms with Gasteiger partial charge in [0.2, 0.25) is 11.8 Å². The Morgan fingerprint density at radius 3 is 2.74 bits per heavy atom. The van der Waals surface area contributed by atoms with Crippen molar-refractivity contribution in [1.29, 1.82) is 0 Å². The van der Waals surface area contributed by atoms with Crippen LogP contribution in [0.1, 0.15) is 48.1 Å². The van der Waals surface area contributed by atoms with Crippen LogP contribution in [0.2, 0.25) is 0 Å². The predicted molar refractivity (Wildman–Crippen MR) is 107 cm³/mol. The van der Waals surface area contributed by atoms with E-state index in [1.165, 1.54) is 5.56 Å². The third-order valence-corrected chi connectivity index (χ3v) is 5.56. The number of aryl methyl sites for hydroxylation is 2. The molecular formula is C23H24N2O2. The number of carbonyl (C=O) groups excluding carboxylic acids is 2. The number of carbonyl (C=O) groups is 2. The average Bonchev–Trinajstić information content (AvgIpc) is 2.67. The summed E-state index contributed by atoms with van der Waals surface area (Å²) in [5.41, 5.74) is 5.53. The van der Waals surface area contributed by atoms with E-state index >= 15 is 0 Å². The lowest BCUT2D eigenvalue weighted by Gasteiger charge is -2.36. The van der Waals surface area contributed by atoms with Crippen molar-refractivity contribution in [1.82, 2.24) is 4.90 Å². The maximum Gasteiger partial charge on any atom is 0.229 e. The largest absolute Gasteiger partial charge is 0.312 e. The summed E-state index contributed by atoms with van der Waals surface area (Å²) >= 11 is 0. The van der Waals surface area contributed by atoms with Gasteiger partial charge in [-0.15, -0.1) is 0 Å². The first kappa shape index (κ1) is 17.5. The Morgan fingerprint density at radius 2 is 1.93 bits per heavy atom. The Bertz CT molecular complexity index is 932. The van der Waals surface area contributed by atoms with Crippen molar-refractivity contribution in [2.45, 2.75) is 39.2 Å². The van der Waals surface area contributed by atoms with Gasteiger partial charge in [0.25, 0.3) is 0 Å². The van der Waals surface area contributed by atoms with Gasteiger partial charge in [-0.05, 0) is 48.1 Å². The van der Waals surface area contributed by atoms with Crippen LogP contribution in [-0.4, -0.2) is 23.3 Å². The Kier molecular flexibility index (Phi) is 4.56. The SMILES string of the molecule is CC(=O)N1C=Cc2ccccc2C1CC(=O)N1CCCc2cccc(C)c21. The second kappa shape index (κ2) is 7.03. The second-order valence-corrected chi connectivity index (χ2v) is 7.32. The monoisotopic (exact) mass is 360 g/mol. The van der Waals surface area contributed by atoms with E-state index in [0.717, 1.165) is 41.8 Å². The second-order valence-electron chi connectivity index (χ2n) is 7.32. The van der Waals surface area contributed by atoms with Crippen molar-refractivity contribution in [3.05, 3.63) is 70.9 Å². The van der Waals surface area contributed by atoms with E-state index in [9.17, 15) is 9.59 Å². The van der Waals surface area contributed by atoms with Gasteiger partial charge in [0.15, 0.2) is 0 Å². The molecule has 0 spiro atoms. The van der Waals surface area contributed by atoms with Gasteiger partial charge in [0.1, 0.15) is 0 Å². The van der Waals surface area contributed by atoms with Crippen molar-refractivity contribution in [3.8, 4) is 0 Å². The lowest BCUT2D eigenvalue weighted by atomic mass is 9.92. The maximum absolute atomic E-state index is 13.3. The third-order valence-electron chi connectivity index (χ3n) is 5.56. The van der Waals surface area contributed by atoms with E-state index in [-0.39, 0.29) is 24.3 Å². The first-order valence-electron chi connectivity index (χ1n) is 9.51. The summed E-state index contributed by atoms with van der Waals surface area (Å²) in [4.78, 5) is 29.1. The molecular weight excluding hydrogens is 336 g/mol. The summed E-state index contributed by atoms with van der Waals surface area (Å²) in [7, 11) is 0. The number of hydrogen-bond acceptors (Lipinski definition) is 2. The molecule has 0 aromatic heterocycles. The van der Waals surface area contributed by atoms with Crippen LogP contribution in [0.25, 0.3) is 6.08 Å². The van der Waals surface area contributed by atoms with Crippen LogP contribution in [0.15, 0.2) is 48.7 Å². The molecule has 27 heavy (non-hydrogen) atoms. The molecule has 2 aliphatic rings. The first-order chi connectivity index (χ1) is 13.1. The lowest BCUT2D eigenvalue weighted by molar-refractivity contribution is -0.129. The van der Waals surface area contributed by atoms with Crippen LogP contribution in [-0.2, 0) is 16.0 Å². The zero-order valence-corrected chi connectivity index (χ0v) is 15.8. The molecule has 0 bridgehead atoms. The molecule has 0 saturated heterocycles. The van der Waals surface area contributed by atoms with Gasteiger partial charge < -0.3 is 9.80 Å². The first-order valence-corrected chi connectivity index (χ1v) is 9.51. The van der Waals surface area contributed by atoms with Gasteiger partial charge in [-0.3, -0.25) is 9.59 Å². The summed E-state index contributed by atoms with van der Waals surface area (Å²) in [5, 5.41) is 0. The molecule has 0 N–H and O–H groups in total. The van der Waals surface area contributed by atoms with Gasteiger partial charge >= 0.3 is 0 Å². The van der Waals surface area contributed by atoms with Crippen LogP contribution in [0.3, 0.4) is 0 Å². The predicted octanol–water partition coefficient (Wildman–Crippen LogP) is 4.24. The zero-order valence-electron chi connectivity index (χ0n) is 15.8. The third kappa shape index (κ3) is 3.16. The molecule has 138 valence electrons. The zero-order chi connectivity index (χ0) is 19.0. The molecule has 0 aliphatic carbocycles. The number of anilines is 1. The topological polar surface area (TPSA) is 40.6 Å². The fourth-order valence-electron chi connectivity index (χ4n) is 4.29. The highest BCUT2D eigenvalue weighted by molar-refractivity contribution is 5.96. The molecule has 2 amide bonds. The Hall–Kier alpha value is -2.88. The maximum atomic E-state index is 13.3. The average molecular weight is 360 g/mol. The minimum atomic E-state index is -0.259. The minimum absolute atomic E-state index is 0.0474. The molecule has 0 fully saturated rings. The molecule has 0 saturated carbocycles. The van der Waals surface area contributed by atoms with Crippen molar-refractivity contribution < 1.29 is 9.59 Å². The number of rotatable bonds is 2. The molecule has 2 aromatic rings. The number of hydrogen-bond donors (Lipinski definition) is 0. The van der Waals surface area contributed by atoms with Crippen LogP contribution in [0.4, 0.5) is 5.69 Å². The van der Waals surface area contributed by atoms with E-state index in [0.29, 0.717) is 0 Å². The summed E-state index contributed by atoms with van der Waals surface area (Å²) in [6.07, 6.45) is 6.01. The summed E-state index contributed by atoms with van der Waals surface area (Å²) in [5.74, 6) is 0.0281. The van der Waals surface area contributed by atoms with Gasteiger partial charge in [-0.25, -0.2) is 0 Å². The van der Waals surface area contributed by atoms with E-state index in [2.05, 4.69) is 25.1 Å². The van der Waals surface area contributed by atoms with Crippen molar-refractivity contribution in [2.75, 3.05) is 11.4 Å². The highest BCUT2D eigenvalue weighted by atomic mass is 16.2. The summed E-state index contributed by atoms with van der Waals surface area (Å²) in [6.45, 7) is 4.35. The number of amides is 2. The molecule has 0 radical (unpaired) electrons. The number of para-hydroxylation sites is 1. The van der Waals surface area contributed by atoms with Gasteiger partial charge in [0.05, 0.1) is 12.5 Å². The highest BCUT2D eigenvalue weighted by Crippen LogP contribution is 2.36. The van der Waals surface area contributed by atoms with Crippen molar-refractivity contribution >= 4 is 23.6 Å². The van der Waals surface area contributed by atoms with E-state index < -0.39 is 0 Å². The summed E-state index contributed by atoms with van der Waals surface area (Å²) < 4.78 is 0. The molecule has 4 heteroatoms. The fourth-order valence-corrected chi connectivity index (χ4v) is 4.29. The van der Waals surface area contributed by atoms with Crippen LogP contribution in [0.5, 0.6) is 0 Å². The smallest absolute Gasteiger partial charge is 0.229 e. The standard InChI is InChI=1S/C23H24N2O2/c1-16-7-5-9-19-10-6-13-25(23(16)19)22(27)15-21-20-11-4-3-8-18(20)12-14-24(21)17(2)26/h3-5,7-9,11-12,14,21H,6,10,13,15H2,1-2H3. The normalized spacial score (nSPS) is 18.1. The Balaban J connectivity index is 1.67. The lowest BCUT2D eigenvalue weighted by Crippen LogP contribution is -2.40. The quantitative estimate of drug-likeness (QED) is 0.804. The Morgan fingerprint density at radius 1 is 1.11 bits per heavy atom. The molecule has 4 rings (SSSR count). The highest BCUT2D eigenvalue weighted by Gasteiger charge is 2.32. The number of nitrogens with zero attached hydrogens (tertiary/aromatic N) is 2. The summed E-state index contributed by atoms with van der Waals surface area (Å²) in [6, 6.07) is 14.0. The van der Waals surface area contributed by atoms with E-state index in [1.54, 1.807) is 18.0 Å². The van der Waals surface area contributed by atoms with Crippen molar-refractivity contribution in [2.24, 2.45) is 0 Å². The van der Waals surface area contributed by atoms with Crippen LogP contribution >= 0.6 is 0 Å². The molecule has 2 heterocycles. The molecule has 1 unspecified atom stereocenters.